The lowest BCUT2D eigenvalue weighted by atomic mass is 9.79. The molecule has 12 aromatic rings. The molecule has 0 saturated heterocycles. The van der Waals surface area contributed by atoms with E-state index >= 15 is 0 Å². The van der Waals surface area contributed by atoms with Gasteiger partial charge in [0, 0.05) is 43.8 Å². The fraction of sp³-hybridized carbons (Fsp3) is 0.256. The van der Waals surface area contributed by atoms with Crippen LogP contribution in [0.15, 0.2) is 170 Å². The van der Waals surface area contributed by atoms with Gasteiger partial charge in [0.1, 0.15) is 0 Å². The minimum absolute atomic E-state index is 0.0897. The zero-order chi connectivity index (χ0) is 67.0. The average molecular weight is 1260 g/mol. The summed E-state index contributed by atoms with van der Waals surface area (Å²) in [6.07, 6.45) is -14.4. The molecule has 0 N–H and O–H groups in total. The molecule has 12 rings (SSSR count). The monoisotopic (exact) mass is 1260 g/mol. The van der Waals surface area contributed by atoms with Crippen LogP contribution < -0.4 is 0 Å². The summed E-state index contributed by atoms with van der Waals surface area (Å²) in [6.45, 7) is 27.3. The Morgan fingerprint density at radius 1 is 0.312 bits per heavy atom. The fourth-order valence-electron chi connectivity index (χ4n) is 12.2. The lowest BCUT2D eigenvalue weighted by molar-refractivity contribution is -0.138. The molecule has 3 heterocycles. The Labute approximate surface area is 534 Å². The lowest BCUT2D eigenvalue weighted by Gasteiger charge is -2.26. The largest absolute Gasteiger partial charge is 0.416 e. The Hall–Kier alpha value is -9.55. The maximum Gasteiger partial charge on any atom is 0.416 e. The highest BCUT2D eigenvalue weighted by Gasteiger charge is 2.36. The van der Waals surface area contributed by atoms with E-state index in [1.165, 1.54) is 18.2 Å². The van der Waals surface area contributed by atoms with E-state index in [-0.39, 0.29) is 66.6 Å². The molecular weight excluding hydrogens is 1190 g/mol. The summed E-state index contributed by atoms with van der Waals surface area (Å²) >= 11 is 0. The second-order valence-electron chi connectivity index (χ2n) is 28.4. The quantitative estimate of drug-likeness (QED) is 0.149. The number of alkyl halides is 9. The molecule has 0 saturated carbocycles. The zero-order valence-electron chi connectivity index (χ0n) is 53.8. The molecule has 0 aliphatic carbocycles. The smallest absolute Gasteiger partial charge is 0.309 e. The summed E-state index contributed by atoms with van der Waals surface area (Å²) in [5, 5.41) is 10.6. The normalized spacial score (nSPS) is 13.0. The van der Waals surface area contributed by atoms with Crippen LogP contribution in [-0.4, -0.2) is 24.1 Å². The summed E-state index contributed by atoms with van der Waals surface area (Å²) in [5.41, 5.74) is 7.30. The van der Waals surface area contributed by atoms with Crippen LogP contribution in [0.4, 0.5) is 39.5 Å². The number of nitrogens with zero attached hydrogens (tertiary/aromatic N) is 6. The Bertz CT molecular complexity index is 4810. The Kier molecular flexibility index (Phi) is 15.1. The van der Waals surface area contributed by atoms with Crippen molar-refractivity contribution in [2.75, 3.05) is 0 Å². The van der Waals surface area contributed by atoms with Gasteiger partial charge in [-0.3, -0.25) is 0 Å². The van der Waals surface area contributed by atoms with E-state index in [9.17, 15) is 44.8 Å². The minimum Gasteiger partial charge on any atom is -0.309 e. The first-order valence-corrected chi connectivity index (χ1v) is 30.6. The number of halogens is 9. The van der Waals surface area contributed by atoms with Crippen molar-refractivity contribution in [2.45, 2.75) is 130 Å². The van der Waals surface area contributed by atoms with Gasteiger partial charge in [-0.15, -0.1) is 0 Å². The third kappa shape index (κ3) is 12.0. The van der Waals surface area contributed by atoms with Crippen LogP contribution in [0.1, 0.15) is 133 Å². The summed E-state index contributed by atoms with van der Waals surface area (Å²) < 4.78 is 136. The van der Waals surface area contributed by atoms with Crippen LogP contribution in [0.5, 0.6) is 0 Å². The van der Waals surface area contributed by atoms with E-state index in [0.29, 0.717) is 66.4 Å². The van der Waals surface area contributed by atoms with E-state index in [2.05, 4.69) is 126 Å². The summed E-state index contributed by atoms with van der Waals surface area (Å²) in [6, 6.07) is 48.4. The second kappa shape index (κ2) is 22.1. The van der Waals surface area contributed by atoms with E-state index in [1.54, 1.807) is 28.8 Å². The molecule has 0 unspecified atom stereocenters. The average Bonchev–Trinajstić information content (AvgIpc) is 1.57. The van der Waals surface area contributed by atoms with Crippen molar-refractivity contribution < 1.29 is 39.5 Å². The van der Waals surface area contributed by atoms with Gasteiger partial charge in [-0.2, -0.15) is 44.8 Å². The van der Waals surface area contributed by atoms with Gasteiger partial charge >= 0.3 is 18.5 Å². The van der Waals surface area contributed by atoms with Crippen molar-refractivity contribution in [3.8, 4) is 73.9 Å². The van der Waals surface area contributed by atoms with Crippen LogP contribution in [0.25, 0.3) is 111 Å². The molecule has 15 heteroatoms. The van der Waals surface area contributed by atoms with Gasteiger partial charge in [0.15, 0.2) is 17.5 Å². The van der Waals surface area contributed by atoms with Crippen LogP contribution in [0.3, 0.4) is 0 Å². The number of rotatable bonds is 7. The number of aryl methyl sites for hydroxylation is 1. The number of nitriles is 1. The highest BCUT2D eigenvalue weighted by atomic mass is 19.4. The maximum atomic E-state index is 14.8. The Morgan fingerprint density at radius 2 is 0.645 bits per heavy atom. The number of hydrogen-bond acceptors (Lipinski definition) is 4. The first-order valence-electron chi connectivity index (χ1n) is 30.6. The molecule has 0 amide bonds. The SMILES string of the molecule is Cc1ccc2c(c1)c1cc(C(F)(F)F)ccc1n2-c1ccc(-c2ccc(C#N)cc2)cc1-c1ccc(-n2c3ccc(C(F)(F)F)cc3c3cc(C(F)(F)F)ccc32)c(-c2nc(-c3cc(C(C)(C)C)cc(C(C)(C)C)c3)nc(-c3cc(C(C)(C)C)cc(C(C)(C)C)c3)n2)c1. The van der Waals surface area contributed by atoms with Crippen LogP contribution in [0, 0.1) is 18.3 Å². The highest BCUT2D eigenvalue weighted by Crippen LogP contribution is 2.47. The van der Waals surface area contributed by atoms with Crippen molar-refractivity contribution in [1.29, 1.82) is 5.26 Å². The molecule has 0 bridgehead atoms. The first-order chi connectivity index (χ1) is 43.3. The third-order valence-corrected chi connectivity index (χ3v) is 17.5. The van der Waals surface area contributed by atoms with Crippen molar-refractivity contribution in [3.63, 3.8) is 0 Å². The standard InChI is InChI=1S/C78H67F9N6/c1-43-14-24-64-58(30-43)59-39-50(76(79,80)81)21-27-65(59)92(64)63-25-19-46(45-17-15-44(42-88)16-18-45)35-57(63)47-20-26-68(93-66-28-22-51(77(82,83)84)40-60(66)61-41-52(78(85,86)87)23-29-67(61)93)62(36-47)71-90-69(48-31-53(72(2,3)4)37-54(32-48)73(5,6)7)89-70(91-71)49-33-55(74(8,9)10)38-56(34-49)75(11,12)13/h14-41H,1-13H3. The summed E-state index contributed by atoms with van der Waals surface area (Å²) in [7, 11) is 0. The van der Waals surface area contributed by atoms with E-state index < -0.39 is 35.2 Å². The lowest BCUT2D eigenvalue weighted by Crippen LogP contribution is -2.17. The molecule has 472 valence electrons. The van der Waals surface area contributed by atoms with Gasteiger partial charge in [-0.25, -0.2) is 15.0 Å². The number of benzene rings is 9. The van der Waals surface area contributed by atoms with Gasteiger partial charge in [-0.1, -0.05) is 131 Å². The van der Waals surface area contributed by atoms with Gasteiger partial charge in [0.2, 0.25) is 0 Å². The Morgan fingerprint density at radius 3 is 1.02 bits per heavy atom. The molecule has 0 fully saturated rings. The van der Waals surface area contributed by atoms with Gasteiger partial charge in [-0.05, 0) is 195 Å². The summed E-state index contributed by atoms with van der Waals surface area (Å²) in [4.78, 5) is 16.3. The molecule has 9 aromatic carbocycles. The van der Waals surface area contributed by atoms with E-state index in [1.807, 2.05) is 66.1 Å². The first kappa shape index (κ1) is 63.6. The molecule has 6 nitrogen and oxygen atoms in total. The molecule has 3 aromatic heterocycles. The van der Waals surface area contributed by atoms with Crippen LogP contribution in [-0.2, 0) is 40.2 Å². The number of hydrogen-bond donors (Lipinski definition) is 0. The van der Waals surface area contributed by atoms with Crippen molar-refractivity contribution in [3.05, 3.63) is 220 Å². The molecule has 0 atom stereocenters. The maximum absolute atomic E-state index is 14.8. The van der Waals surface area contributed by atoms with Crippen molar-refractivity contribution in [1.82, 2.24) is 24.1 Å². The van der Waals surface area contributed by atoms with Crippen LogP contribution in [0.2, 0.25) is 0 Å². The number of aromatic nitrogens is 5. The topological polar surface area (TPSA) is 72.3 Å². The van der Waals surface area contributed by atoms with E-state index in [4.69, 9.17) is 15.0 Å². The molecular formula is C78H67F9N6. The molecule has 0 spiro atoms. The molecule has 0 aliphatic heterocycles. The highest BCUT2D eigenvalue weighted by molar-refractivity contribution is 6.12. The van der Waals surface area contributed by atoms with Crippen molar-refractivity contribution >= 4 is 43.6 Å². The predicted molar refractivity (Wildman–Crippen MR) is 355 cm³/mol. The van der Waals surface area contributed by atoms with Gasteiger partial charge in [0.25, 0.3) is 0 Å². The molecule has 0 radical (unpaired) electrons. The fourth-order valence-corrected chi connectivity index (χ4v) is 12.2. The Balaban J connectivity index is 1.25. The second-order valence-corrected chi connectivity index (χ2v) is 28.4. The van der Waals surface area contributed by atoms with Gasteiger partial charge < -0.3 is 9.13 Å². The third-order valence-electron chi connectivity index (χ3n) is 17.5. The number of fused-ring (bicyclic) bond motifs is 6. The zero-order valence-corrected chi connectivity index (χ0v) is 53.8. The van der Waals surface area contributed by atoms with Crippen molar-refractivity contribution in [2.24, 2.45) is 0 Å². The molecule has 93 heavy (non-hydrogen) atoms. The minimum atomic E-state index is -4.86. The van der Waals surface area contributed by atoms with Crippen LogP contribution >= 0.6 is 0 Å². The predicted octanol–water partition coefficient (Wildman–Crippen LogP) is 22.8. The van der Waals surface area contributed by atoms with Gasteiger partial charge in [0.05, 0.1) is 61.8 Å². The van der Waals surface area contributed by atoms with E-state index in [0.717, 1.165) is 69.8 Å². The summed E-state index contributed by atoms with van der Waals surface area (Å²) in [5.74, 6) is 0.681. The molecule has 0 aliphatic rings.